The van der Waals surface area contributed by atoms with Crippen molar-refractivity contribution in [3.8, 4) is 23.0 Å². The molecule has 8 heteroatoms. The number of ether oxygens (including phenoxy) is 6. The van der Waals surface area contributed by atoms with Crippen LogP contribution in [-0.4, -0.2) is 64.5 Å². The minimum absolute atomic E-state index is 0.159. The maximum Gasteiger partial charge on any atom is 0.203 e. The molecule has 3 atom stereocenters. The Morgan fingerprint density at radius 1 is 0.912 bits per heavy atom. The van der Waals surface area contributed by atoms with Gasteiger partial charge in [0, 0.05) is 24.8 Å². The normalized spacial score (nSPS) is 20.2. The molecule has 1 aliphatic heterocycles. The summed E-state index contributed by atoms with van der Waals surface area (Å²) in [5.74, 6) is 2.26. The number of hydrogen-bond acceptors (Lipinski definition) is 8. The molecule has 0 aliphatic carbocycles. The van der Waals surface area contributed by atoms with Crippen LogP contribution in [0.25, 0.3) is 0 Å². The first-order chi connectivity index (χ1) is 16.4. The van der Waals surface area contributed by atoms with E-state index in [4.69, 9.17) is 28.4 Å². The van der Waals surface area contributed by atoms with Crippen LogP contribution in [0.4, 0.5) is 0 Å². The fraction of sp³-hybridized carbons (Fsp3) is 0.538. The van der Waals surface area contributed by atoms with E-state index in [2.05, 4.69) is 11.8 Å². The number of fused-ring (bicyclic) bond motifs is 1. The second-order valence-corrected chi connectivity index (χ2v) is 8.03. The van der Waals surface area contributed by atoms with Crippen molar-refractivity contribution in [2.75, 3.05) is 48.2 Å². The van der Waals surface area contributed by atoms with E-state index in [9.17, 15) is 5.11 Å². The van der Waals surface area contributed by atoms with E-state index in [0.29, 0.717) is 37.0 Å². The van der Waals surface area contributed by atoms with E-state index < -0.39 is 12.4 Å². The first-order valence-corrected chi connectivity index (χ1v) is 11.6. The molecule has 2 aromatic rings. The maximum atomic E-state index is 11.8. The van der Waals surface area contributed by atoms with Crippen LogP contribution >= 0.6 is 0 Å². The van der Waals surface area contributed by atoms with Crippen LogP contribution < -0.4 is 18.9 Å². The third kappa shape index (κ3) is 4.95. The van der Waals surface area contributed by atoms with Gasteiger partial charge in [-0.05, 0) is 50.1 Å². The summed E-state index contributed by atoms with van der Waals surface area (Å²) in [4.78, 5) is 2.19. The Morgan fingerprint density at radius 2 is 1.59 bits per heavy atom. The Balaban J connectivity index is 2.21. The van der Waals surface area contributed by atoms with Crippen LogP contribution in [0.1, 0.15) is 55.6 Å². The van der Waals surface area contributed by atoms with Crippen molar-refractivity contribution in [3.63, 3.8) is 0 Å². The van der Waals surface area contributed by atoms with Crippen molar-refractivity contribution >= 4 is 0 Å². The van der Waals surface area contributed by atoms with Gasteiger partial charge in [0.1, 0.15) is 5.75 Å². The first-order valence-electron chi connectivity index (χ1n) is 11.6. The zero-order valence-electron chi connectivity index (χ0n) is 21.2. The molecule has 1 aliphatic rings. The molecule has 0 saturated heterocycles. The fourth-order valence-corrected chi connectivity index (χ4v) is 4.80. The summed E-state index contributed by atoms with van der Waals surface area (Å²) in [5, 5.41) is 11.8. The van der Waals surface area contributed by atoms with E-state index in [0.717, 1.165) is 22.4 Å². The summed E-state index contributed by atoms with van der Waals surface area (Å²) in [6.45, 7) is 7.44. The van der Waals surface area contributed by atoms with Gasteiger partial charge in [-0.25, -0.2) is 0 Å². The molecule has 0 unspecified atom stereocenters. The van der Waals surface area contributed by atoms with E-state index in [1.807, 2.05) is 44.2 Å². The number of rotatable bonds is 11. The lowest BCUT2D eigenvalue weighted by Crippen LogP contribution is -2.45. The SMILES string of the molecule is CCOC(CN1[C@H](c2cccc(OC)c2)[C@@H](O)c2cc(OC)c(OC)c(OC)c2[C@@H]1C)OCC. The molecule has 0 saturated carbocycles. The second-order valence-electron chi connectivity index (χ2n) is 8.03. The lowest BCUT2D eigenvalue weighted by molar-refractivity contribution is -0.161. The molecule has 188 valence electrons. The zero-order chi connectivity index (χ0) is 24.8. The molecule has 0 radical (unpaired) electrons. The molecular formula is C26H37NO7. The number of nitrogens with zero attached hydrogens (tertiary/aromatic N) is 1. The topological polar surface area (TPSA) is 78.9 Å². The van der Waals surface area contributed by atoms with Gasteiger partial charge < -0.3 is 33.5 Å². The van der Waals surface area contributed by atoms with Gasteiger partial charge in [-0.3, -0.25) is 4.90 Å². The van der Waals surface area contributed by atoms with Crippen LogP contribution in [0.15, 0.2) is 30.3 Å². The van der Waals surface area contributed by atoms with Crippen LogP contribution in [0.3, 0.4) is 0 Å². The van der Waals surface area contributed by atoms with Crippen molar-refractivity contribution in [2.45, 2.75) is 45.2 Å². The number of methoxy groups -OCH3 is 4. The molecule has 8 nitrogen and oxygen atoms in total. The first kappa shape index (κ1) is 26.1. The van der Waals surface area contributed by atoms with Gasteiger partial charge in [0.05, 0.1) is 47.1 Å². The van der Waals surface area contributed by atoms with Crippen LogP contribution in [-0.2, 0) is 9.47 Å². The summed E-state index contributed by atoms with van der Waals surface area (Å²) < 4.78 is 34.2. The molecule has 0 fully saturated rings. The second kappa shape index (κ2) is 11.8. The van der Waals surface area contributed by atoms with E-state index >= 15 is 0 Å². The summed E-state index contributed by atoms with van der Waals surface area (Å²) in [6, 6.07) is 9.06. The summed E-state index contributed by atoms with van der Waals surface area (Å²) in [5.41, 5.74) is 2.50. The van der Waals surface area contributed by atoms with E-state index in [1.54, 1.807) is 28.4 Å². The molecule has 1 N–H and O–H groups in total. The molecule has 0 aromatic heterocycles. The van der Waals surface area contributed by atoms with Gasteiger partial charge in [-0.15, -0.1) is 0 Å². The fourth-order valence-electron chi connectivity index (χ4n) is 4.80. The summed E-state index contributed by atoms with van der Waals surface area (Å²) in [6.07, 6.45) is -1.33. The molecule has 0 amide bonds. The van der Waals surface area contributed by atoms with Crippen molar-refractivity contribution < 1.29 is 33.5 Å². The lowest BCUT2D eigenvalue weighted by Gasteiger charge is -2.46. The highest BCUT2D eigenvalue weighted by molar-refractivity contribution is 5.62. The standard InChI is InChI=1S/C26H37NO7/c1-8-33-21(34-9-2)15-27-16(3)22-19(14-20(30-5)25(31-6)26(22)32-7)24(28)23(27)17-11-10-12-18(13-17)29-4/h10-14,16,21,23-24,28H,8-9,15H2,1-7H3/t16-,23+,24-/m0/s1. The average Bonchev–Trinajstić information content (AvgIpc) is 2.86. The molecule has 0 bridgehead atoms. The Bertz CT molecular complexity index is 945. The average molecular weight is 476 g/mol. The third-order valence-corrected chi connectivity index (χ3v) is 6.29. The third-order valence-electron chi connectivity index (χ3n) is 6.29. The minimum Gasteiger partial charge on any atom is -0.497 e. The van der Waals surface area contributed by atoms with E-state index in [1.165, 1.54) is 0 Å². The number of aliphatic hydroxyl groups excluding tert-OH is 1. The Morgan fingerprint density at radius 3 is 2.15 bits per heavy atom. The van der Waals surface area contributed by atoms with Crippen LogP contribution in [0, 0.1) is 0 Å². The van der Waals surface area contributed by atoms with Crippen molar-refractivity contribution in [2.24, 2.45) is 0 Å². The van der Waals surface area contributed by atoms with Crippen LogP contribution in [0.5, 0.6) is 23.0 Å². The monoisotopic (exact) mass is 475 g/mol. The quantitative estimate of drug-likeness (QED) is 0.483. The Labute approximate surface area is 202 Å². The van der Waals surface area contributed by atoms with Crippen molar-refractivity contribution in [3.05, 3.63) is 47.0 Å². The van der Waals surface area contributed by atoms with Gasteiger partial charge >= 0.3 is 0 Å². The number of benzene rings is 2. The van der Waals surface area contributed by atoms with Crippen molar-refractivity contribution in [1.82, 2.24) is 4.90 Å². The van der Waals surface area contributed by atoms with E-state index in [-0.39, 0.29) is 12.1 Å². The summed E-state index contributed by atoms with van der Waals surface area (Å²) >= 11 is 0. The zero-order valence-corrected chi connectivity index (χ0v) is 21.2. The number of hydrogen-bond donors (Lipinski definition) is 1. The smallest absolute Gasteiger partial charge is 0.203 e. The molecule has 3 rings (SSSR count). The minimum atomic E-state index is -0.879. The Kier molecular flexibility index (Phi) is 9.02. The number of aliphatic hydroxyl groups is 1. The molecule has 1 heterocycles. The predicted octanol–water partition coefficient (Wildman–Crippen LogP) is 4.27. The maximum absolute atomic E-state index is 11.8. The molecule has 2 aromatic carbocycles. The van der Waals surface area contributed by atoms with Crippen LogP contribution in [0.2, 0.25) is 0 Å². The highest BCUT2D eigenvalue weighted by Crippen LogP contribution is 2.54. The lowest BCUT2D eigenvalue weighted by atomic mass is 9.82. The van der Waals surface area contributed by atoms with Gasteiger partial charge in [-0.2, -0.15) is 0 Å². The highest BCUT2D eigenvalue weighted by atomic mass is 16.7. The Hall–Kier alpha value is -2.52. The molecular weight excluding hydrogens is 438 g/mol. The largest absolute Gasteiger partial charge is 0.497 e. The molecule has 34 heavy (non-hydrogen) atoms. The van der Waals surface area contributed by atoms with Gasteiger partial charge in [-0.1, -0.05) is 12.1 Å². The predicted molar refractivity (Wildman–Crippen MR) is 129 cm³/mol. The summed E-state index contributed by atoms with van der Waals surface area (Å²) in [7, 11) is 6.38. The van der Waals surface area contributed by atoms with Gasteiger partial charge in [0.2, 0.25) is 5.75 Å². The van der Waals surface area contributed by atoms with Gasteiger partial charge in [0.25, 0.3) is 0 Å². The van der Waals surface area contributed by atoms with Gasteiger partial charge in [0.15, 0.2) is 17.8 Å². The van der Waals surface area contributed by atoms with Crippen molar-refractivity contribution in [1.29, 1.82) is 0 Å². The highest BCUT2D eigenvalue weighted by Gasteiger charge is 2.43. The molecule has 0 spiro atoms.